The van der Waals surface area contributed by atoms with E-state index in [1.807, 2.05) is 64.2 Å². The number of aromatic nitrogens is 2. The van der Waals surface area contributed by atoms with Gasteiger partial charge in [0, 0.05) is 56.3 Å². The highest BCUT2D eigenvalue weighted by Crippen LogP contribution is 2.32. The van der Waals surface area contributed by atoms with Gasteiger partial charge in [0.25, 0.3) is 0 Å². The van der Waals surface area contributed by atoms with Crippen molar-refractivity contribution < 1.29 is 19.0 Å². The summed E-state index contributed by atoms with van der Waals surface area (Å²) in [7, 11) is 0. The Bertz CT molecular complexity index is 1330. The second-order valence-electron chi connectivity index (χ2n) is 11.0. The SMILES string of the molecule is Cc1ccc(OC2CCN(C(=O)OC(C)(C)C)CC2)c2nc(Nc3ccc(N4CCOCC4)c(Cl)c3)ncc12. The molecule has 0 bridgehead atoms. The summed E-state index contributed by atoms with van der Waals surface area (Å²) in [6.07, 6.45) is 2.97. The van der Waals surface area contributed by atoms with Crippen molar-refractivity contribution in [1.29, 1.82) is 0 Å². The lowest BCUT2D eigenvalue weighted by atomic mass is 10.1. The van der Waals surface area contributed by atoms with Gasteiger partial charge in [-0.3, -0.25) is 0 Å². The van der Waals surface area contributed by atoms with Crippen LogP contribution in [-0.2, 0) is 9.47 Å². The van der Waals surface area contributed by atoms with Gasteiger partial charge in [-0.15, -0.1) is 0 Å². The second-order valence-corrected chi connectivity index (χ2v) is 11.4. The van der Waals surface area contributed by atoms with Gasteiger partial charge in [0.15, 0.2) is 0 Å². The molecule has 0 saturated carbocycles. The molecule has 1 N–H and O–H groups in total. The molecule has 2 aliphatic heterocycles. The third kappa shape index (κ3) is 6.65. The number of likely N-dealkylation sites (tertiary alicyclic amines) is 1. The molecule has 2 aliphatic rings. The topological polar surface area (TPSA) is 89.0 Å². The number of rotatable bonds is 5. The molecular formula is C29H36ClN5O4. The Balaban J connectivity index is 1.29. The Morgan fingerprint density at radius 3 is 2.54 bits per heavy atom. The molecule has 0 spiro atoms. The number of anilines is 3. The average Bonchev–Trinajstić information content (AvgIpc) is 2.90. The summed E-state index contributed by atoms with van der Waals surface area (Å²) >= 11 is 6.62. The second kappa shape index (κ2) is 11.4. The van der Waals surface area contributed by atoms with E-state index in [1.54, 1.807) is 4.90 Å². The lowest BCUT2D eigenvalue weighted by molar-refractivity contribution is 0.0127. The molecule has 0 aliphatic carbocycles. The molecule has 3 aromatic rings. The summed E-state index contributed by atoms with van der Waals surface area (Å²) < 4.78 is 17.4. The number of benzene rings is 2. The van der Waals surface area contributed by atoms with Crippen LogP contribution in [0.1, 0.15) is 39.2 Å². The highest BCUT2D eigenvalue weighted by Gasteiger charge is 2.28. The van der Waals surface area contributed by atoms with E-state index in [1.165, 1.54) is 0 Å². The number of ether oxygens (including phenoxy) is 3. The van der Waals surface area contributed by atoms with Gasteiger partial charge in [-0.05, 0) is 57.5 Å². The number of fused-ring (bicyclic) bond motifs is 1. The number of hydrogen-bond donors (Lipinski definition) is 1. The summed E-state index contributed by atoms with van der Waals surface area (Å²) in [5.41, 5.74) is 3.11. The zero-order chi connectivity index (χ0) is 27.6. The first-order chi connectivity index (χ1) is 18.7. The van der Waals surface area contributed by atoms with Crippen LogP contribution in [0.5, 0.6) is 5.75 Å². The fourth-order valence-corrected chi connectivity index (χ4v) is 5.12. The maximum Gasteiger partial charge on any atom is 0.410 e. The Labute approximate surface area is 234 Å². The number of halogens is 1. The van der Waals surface area contributed by atoms with Crippen LogP contribution in [0.15, 0.2) is 36.5 Å². The number of nitrogens with one attached hydrogen (secondary N) is 1. The fourth-order valence-electron chi connectivity index (χ4n) is 4.82. The number of aryl methyl sites for hydroxylation is 1. The molecule has 1 amide bonds. The maximum atomic E-state index is 12.4. The van der Waals surface area contributed by atoms with Crippen LogP contribution in [0.3, 0.4) is 0 Å². The number of piperidine rings is 1. The van der Waals surface area contributed by atoms with Gasteiger partial charge in [0.05, 0.1) is 23.9 Å². The van der Waals surface area contributed by atoms with E-state index < -0.39 is 5.60 Å². The summed E-state index contributed by atoms with van der Waals surface area (Å²) in [6.45, 7) is 11.9. The molecule has 9 nitrogen and oxygen atoms in total. The van der Waals surface area contributed by atoms with Crippen LogP contribution in [-0.4, -0.2) is 72.1 Å². The molecule has 2 saturated heterocycles. The van der Waals surface area contributed by atoms with Crippen LogP contribution in [0, 0.1) is 6.92 Å². The Morgan fingerprint density at radius 1 is 1.10 bits per heavy atom. The van der Waals surface area contributed by atoms with Crippen molar-refractivity contribution in [1.82, 2.24) is 14.9 Å². The van der Waals surface area contributed by atoms with Crippen molar-refractivity contribution in [2.45, 2.75) is 52.2 Å². The predicted octanol–water partition coefficient (Wildman–Crippen LogP) is 5.95. The predicted molar refractivity (Wildman–Crippen MR) is 153 cm³/mol. The van der Waals surface area contributed by atoms with Crippen LogP contribution >= 0.6 is 11.6 Å². The van der Waals surface area contributed by atoms with Gasteiger partial charge in [0.2, 0.25) is 5.95 Å². The van der Waals surface area contributed by atoms with Crippen molar-refractivity contribution in [3.63, 3.8) is 0 Å². The first-order valence-corrected chi connectivity index (χ1v) is 13.8. The minimum atomic E-state index is -0.507. The molecular weight excluding hydrogens is 518 g/mol. The average molecular weight is 554 g/mol. The van der Waals surface area contributed by atoms with E-state index in [2.05, 4.69) is 15.2 Å². The van der Waals surface area contributed by atoms with E-state index in [-0.39, 0.29) is 12.2 Å². The molecule has 2 fully saturated rings. The minimum Gasteiger partial charge on any atom is -0.488 e. The first kappa shape index (κ1) is 27.3. The lowest BCUT2D eigenvalue weighted by Crippen LogP contribution is -2.44. The number of carbonyl (C=O) groups excluding carboxylic acids is 1. The normalized spacial score (nSPS) is 16.8. The zero-order valence-corrected chi connectivity index (χ0v) is 23.8. The van der Waals surface area contributed by atoms with Gasteiger partial charge < -0.3 is 29.3 Å². The monoisotopic (exact) mass is 553 g/mol. The standard InChI is InChI=1S/C29H36ClN5O4/c1-19-5-8-25(38-21-9-11-35(12-10-21)28(36)39-29(2,3)4)26-22(19)18-31-27(33-26)32-20-6-7-24(23(30)17-20)34-13-15-37-16-14-34/h5-8,17-18,21H,9-16H2,1-4H3,(H,31,32,33). The van der Waals surface area contributed by atoms with E-state index >= 15 is 0 Å². The van der Waals surface area contributed by atoms with Crippen LogP contribution < -0.4 is 15.0 Å². The van der Waals surface area contributed by atoms with E-state index in [9.17, 15) is 4.79 Å². The molecule has 39 heavy (non-hydrogen) atoms. The van der Waals surface area contributed by atoms with Crippen molar-refractivity contribution in [2.75, 3.05) is 49.6 Å². The molecule has 3 heterocycles. The third-order valence-corrected chi connectivity index (χ3v) is 7.18. The minimum absolute atomic E-state index is 0.0208. The molecule has 2 aromatic carbocycles. The van der Waals surface area contributed by atoms with Crippen molar-refractivity contribution in [3.05, 3.63) is 47.1 Å². The number of amides is 1. The molecule has 1 aromatic heterocycles. The highest BCUT2D eigenvalue weighted by atomic mass is 35.5. The molecule has 208 valence electrons. The molecule has 10 heteroatoms. The molecule has 0 atom stereocenters. The van der Waals surface area contributed by atoms with Gasteiger partial charge in [0.1, 0.15) is 23.0 Å². The van der Waals surface area contributed by atoms with Crippen molar-refractivity contribution in [3.8, 4) is 5.75 Å². The van der Waals surface area contributed by atoms with Crippen molar-refractivity contribution >= 4 is 45.9 Å². The van der Waals surface area contributed by atoms with E-state index in [4.69, 9.17) is 30.8 Å². The lowest BCUT2D eigenvalue weighted by Gasteiger charge is -2.33. The Morgan fingerprint density at radius 2 is 1.85 bits per heavy atom. The maximum absolute atomic E-state index is 12.4. The molecule has 0 unspecified atom stereocenters. The van der Waals surface area contributed by atoms with Gasteiger partial charge in [-0.25, -0.2) is 14.8 Å². The van der Waals surface area contributed by atoms with E-state index in [0.717, 1.165) is 53.8 Å². The smallest absolute Gasteiger partial charge is 0.410 e. The first-order valence-electron chi connectivity index (χ1n) is 13.5. The van der Waals surface area contributed by atoms with Crippen LogP contribution in [0.25, 0.3) is 10.9 Å². The zero-order valence-electron chi connectivity index (χ0n) is 23.0. The summed E-state index contributed by atoms with van der Waals surface area (Å²) in [6, 6.07) is 9.87. The van der Waals surface area contributed by atoms with Crippen LogP contribution in [0.2, 0.25) is 5.02 Å². The number of nitrogens with zero attached hydrogens (tertiary/aromatic N) is 4. The summed E-state index contributed by atoms with van der Waals surface area (Å²) in [5, 5.41) is 4.89. The third-order valence-electron chi connectivity index (χ3n) is 6.87. The fraction of sp³-hybridized carbons (Fsp3) is 0.483. The largest absolute Gasteiger partial charge is 0.488 e. The van der Waals surface area contributed by atoms with E-state index in [0.29, 0.717) is 43.0 Å². The summed E-state index contributed by atoms with van der Waals surface area (Å²) in [4.78, 5) is 25.8. The summed E-state index contributed by atoms with van der Waals surface area (Å²) in [5.74, 6) is 1.17. The van der Waals surface area contributed by atoms with Crippen molar-refractivity contribution in [2.24, 2.45) is 0 Å². The quantitative estimate of drug-likeness (QED) is 0.414. The number of carbonyl (C=O) groups is 1. The van der Waals surface area contributed by atoms with Gasteiger partial charge >= 0.3 is 6.09 Å². The Kier molecular flexibility index (Phi) is 8.00. The van der Waals surface area contributed by atoms with Gasteiger partial charge in [-0.1, -0.05) is 17.7 Å². The van der Waals surface area contributed by atoms with Crippen LogP contribution in [0.4, 0.5) is 22.1 Å². The Hall–Kier alpha value is -3.30. The molecule has 5 rings (SSSR count). The number of morpholine rings is 1. The molecule has 0 radical (unpaired) electrons. The highest BCUT2D eigenvalue weighted by molar-refractivity contribution is 6.33. The van der Waals surface area contributed by atoms with Gasteiger partial charge in [-0.2, -0.15) is 0 Å². The number of hydrogen-bond acceptors (Lipinski definition) is 8.